The Labute approximate surface area is 120 Å². The Hall–Kier alpha value is -2.90. The van der Waals surface area contributed by atoms with Crippen LogP contribution in [0.1, 0.15) is 11.3 Å². The minimum atomic E-state index is -0.195. The van der Waals surface area contributed by atoms with Crippen LogP contribution in [0.4, 0.5) is 5.95 Å². The van der Waals surface area contributed by atoms with E-state index < -0.39 is 0 Å². The number of nitrogens with one attached hydrogen (secondary N) is 2. The number of aromatic nitrogens is 5. The number of nitrogen functional groups attached to an aromatic ring is 1. The summed E-state index contributed by atoms with van der Waals surface area (Å²) < 4.78 is 1.24. The molecule has 2 aromatic heterocycles. The van der Waals surface area contributed by atoms with E-state index >= 15 is 0 Å². The van der Waals surface area contributed by atoms with E-state index in [4.69, 9.17) is 5.73 Å². The molecule has 8 nitrogen and oxygen atoms in total. The Balaban J connectivity index is 1.63. The third-order valence-electron chi connectivity index (χ3n) is 3.16. The summed E-state index contributed by atoms with van der Waals surface area (Å²) in [5.41, 5.74) is 8.73. The van der Waals surface area contributed by atoms with Crippen molar-refractivity contribution in [2.45, 2.75) is 20.0 Å². The molecule has 0 saturated carbocycles. The number of nitrogens with zero attached hydrogens (tertiary/aromatic N) is 4. The molecule has 1 amide bonds. The van der Waals surface area contributed by atoms with Crippen molar-refractivity contribution in [3.05, 3.63) is 35.5 Å². The Morgan fingerprint density at radius 2 is 2.29 bits per heavy atom. The molecule has 21 heavy (non-hydrogen) atoms. The van der Waals surface area contributed by atoms with Crippen LogP contribution in [0.25, 0.3) is 10.9 Å². The fraction of sp³-hybridized carbons (Fsp3) is 0.231. The van der Waals surface area contributed by atoms with Crippen LogP contribution in [0.2, 0.25) is 0 Å². The molecule has 0 fully saturated rings. The van der Waals surface area contributed by atoms with Crippen molar-refractivity contribution in [2.24, 2.45) is 0 Å². The van der Waals surface area contributed by atoms with Crippen molar-refractivity contribution >= 4 is 22.8 Å². The standard InChI is InChI=1S/C13H15N7O/c1-8-4-10-5-9(2-3-11(10)16-8)6-15-12(21)7-20-13(14)17-18-19-20/h2-5,16H,6-7H2,1H3,(H,15,21)(H2,14,17,19). The van der Waals surface area contributed by atoms with Crippen LogP contribution in [-0.4, -0.2) is 31.1 Å². The van der Waals surface area contributed by atoms with E-state index in [9.17, 15) is 4.79 Å². The van der Waals surface area contributed by atoms with Gasteiger partial charge in [0.15, 0.2) is 0 Å². The number of benzene rings is 1. The van der Waals surface area contributed by atoms with Gasteiger partial charge in [-0.05, 0) is 46.5 Å². The summed E-state index contributed by atoms with van der Waals surface area (Å²) in [5.74, 6) is -0.0753. The van der Waals surface area contributed by atoms with Crippen molar-refractivity contribution in [2.75, 3.05) is 5.73 Å². The smallest absolute Gasteiger partial charge is 0.242 e. The molecule has 1 aromatic carbocycles. The second-order valence-corrected chi connectivity index (χ2v) is 4.85. The lowest BCUT2D eigenvalue weighted by atomic mass is 10.1. The first-order valence-electron chi connectivity index (χ1n) is 6.48. The largest absolute Gasteiger partial charge is 0.367 e. The van der Waals surface area contributed by atoms with Gasteiger partial charge in [-0.15, -0.1) is 0 Å². The Morgan fingerprint density at radius 1 is 1.43 bits per heavy atom. The summed E-state index contributed by atoms with van der Waals surface area (Å²) in [6.07, 6.45) is 0. The first kappa shape index (κ1) is 13.1. The fourth-order valence-electron chi connectivity index (χ4n) is 2.15. The number of tetrazole rings is 1. The number of carbonyl (C=O) groups excluding carboxylic acids is 1. The number of rotatable bonds is 4. The van der Waals surface area contributed by atoms with E-state index in [-0.39, 0.29) is 18.4 Å². The van der Waals surface area contributed by atoms with Crippen LogP contribution >= 0.6 is 0 Å². The van der Waals surface area contributed by atoms with Gasteiger partial charge in [-0.3, -0.25) is 4.79 Å². The molecule has 8 heteroatoms. The highest BCUT2D eigenvalue weighted by Crippen LogP contribution is 2.16. The molecular weight excluding hydrogens is 270 g/mol. The minimum Gasteiger partial charge on any atom is -0.367 e. The first-order valence-corrected chi connectivity index (χ1v) is 6.48. The second kappa shape index (κ2) is 5.23. The highest BCUT2D eigenvalue weighted by atomic mass is 16.2. The average molecular weight is 285 g/mol. The molecule has 108 valence electrons. The highest BCUT2D eigenvalue weighted by molar-refractivity contribution is 5.81. The van der Waals surface area contributed by atoms with Gasteiger partial charge in [0.1, 0.15) is 6.54 Å². The Kier molecular flexibility index (Phi) is 3.27. The van der Waals surface area contributed by atoms with Crippen molar-refractivity contribution in [1.82, 2.24) is 30.5 Å². The average Bonchev–Trinajstić information content (AvgIpc) is 3.01. The molecule has 3 rings (SSSR count). The summed E-state index contributed by atoms with van der Waals surface area (Å²) in [6.45, 7) is 2.46. The number of fused-ring (bicyclic) bond motifs is 1. The molecule has 4 N–H and O–H groups in total. The molecule has 0 atom stereocenters. The zero-order chi connectivity index (χ0) is 14.8. The molecule has 2 heterocycles. The quantitative estimate of drug-likeness (QED) is 0.640. The van der Waals surface area contributed by atoms with Crippen molar-refractivity contribution in [3.8, 4) is 0 Å². The molecule has 0 aliphatic heterocycles. The second-order valence-electron chi connectivity index (χ2n) is 4.85. The predicted octanol–water partition coefficient (Wildman–Crippen LogP) is 0.361. The van der Waals surface area contributed by atoms with E-state index in [0.29, 0.717) is 6.54 Å². The van der Waals surface area contributed by atoms with E-state index in [1.807, 2.05) is 25.1 Å². The monoisotopic (exact) mass is 285 g/mol. The topological polar surface area (TPSA) is 115 Å². The molecule has 0 unspecified atom stereocenters. The van der Waals surface area contributed by atoms with E-state index in [0.717, 1.165) is 22.2 Å². The lowest BCUT2D eigenvalue weighted by Gasteiger charge is -2.05. The summed E-state index contributed by atoms with van der Waals surface area (Å²) >= 11 is 0. The van der Waals surface area contributed by atoms with Crippen molar-refractivity contribution in [1.29, 1.82) is 0 Å². The van der Waals surface area contributed by atoms with Crippen molar-refractivity contribution in [3.63, 3.8) is 0 Å². The number of amides is 1. The molecule has 0 saturated heterocycles. The third kappa shape index (κ3) is 2.83. The minimum absolute atomic E-state index is 0.00431. The summed E-state index contributed by atoms with van der Waals surface area (Å²) in [5, 5.41) is 14.5. The lowest BCUT2D eigenvalue weighted by Crippen LogP contribution is -2.28. The Bertz CT molecular complexity index is 789. The third-order valence-corrected chi connectivity index (χ3v) is 3.16. The molecule has 0 aliphatic rings. The van der Waals surface area contributed by atoms with E-state index in [1.165, 1.54) is 4.68 Å². The highest BCUT2D eigenvalue weighted by Gasteiger charge is 2.07. The maximum Gasteiger partial charge on any atom is 0.242 e. The van der Waals surface area contributed by atoms with Crippen LogP contribution in [-0.2, 0) is 17.9 Å². The Morgan fingerprint density at radius 3 is 3.05 bits per heavy atom. The van der Waals surface area contributed by atoms with Gasteiger partial charge in [-0.25, -0.2) is 4.68 Å². The number of H-pyrrole nitrogens is 1. The van der Waals surface area contributed by atoms with Crippen LogP contribution in [0.3, 0.4) is 0 Å². The van der Waals surface area contributed by atoms with Crippen LogP contribution in [0.15, 0.2) is 24.3 Å². The lowest BCUT2D eigenvalue weighted by molar-refractivity contribution is -0.122. The SMILES string of the molecule is Cc1cc2cc(CNC(=O)Cn3nnnc3N)ccc2[nH]1. The van der Waals surface area contributed by atoms with Crippen LogP contribution < -0.4 is 11.1 Å². The summed E-state index contributed by atoms with van der Waals surface area (Å²) in [6, 6.07) is 8.10. The first-order chi connectivity index (χ1) is 10.1. The molecule has 0 radical (unpaired) electrons. The van der Waals surface area contributed by atoms with Crippen LogP contribution in [0, 0.1) is 6.92 Å². The van der Waals surface area contributed by atoms with Gasteiger partial charge in [0.25, 0.3) is 0 Å². The zero-order valence-corrected chi connectivity index (χ0v) is 11.5. The predicted molar refractivity (Wildman–Crippen MR) is 77.1 cm³/mol. The van der Waals surface area contributed by atoms with Gasteiger partial charge in [-0.2, -0.15) is 0 Å². The molecule has 0 aliphatic carbocycles. The molecule has 0 spiro atoms. The number of aryl methyl sites for hydroxylation is 1. The van der Waals surface area contributed by atoms with Gasteiger partial charge in [0, 0.05) is 17.8 Å². The fourth-order valence-corrected chi connectivity index (χ4v) is 2.15. The summed E-state index contributed by atoms with van der Waals surface area (Å²) in [7, 11) is 0. The maximum atomic E-state index is 11.8. The number of hydrogen-bond donors (Lipinski definition) is 3. The van der Waals surface area contributed by atoms with Gasteiger partial charge >= 0.3 is 0 Å². The van der Waals surface area contributed by atoms with E-state index in [1.54, 1.807) is 0 Å². The van der Waals surface area contributed by atoms with Crippen LogP contribution in [0.5, 0.6) is 0 Å². The number of hydrogen-bond acceptors (Lipinski definition) is 5. The van der Waals surface area contributed by atoms with E-state index in [2.05, 4.69) is 31.9 Å². The number of carbonyl (C=O) groups is 1. The van der Waals surface area contributed by atoms with Gasteiger partial charge < -0.3 is 16.0 Å². The number of nitrogens with two attached hydrogens (primary N) is 1. The van der Waals surface area contributed by atoms with Gasteiger partial charge in [-0.1, -0.05) is 11.2 Å². The number of aromatic amines is 1. The summed E-state index contributed by atoms with van der Waals surface area (Å²) in [4.78, 5) is 15.1. The molecule has 0 bridgehead atoms. The normalized spacial score (nSPS) is 10.9. The van der Waals surface area contributed by atoms with Gasteiger partial charge in [0.05, 0.1) is 0 Å². The van der Waals surface area contributed by atoms with Gasteiger partial charge in [0.2, 0.25) is 11.9 Å². The zero-order valence-electron chi connectivity index (χ0n) is 11.5. The number of anilines is 1. The molecule has 3 aromatic rings. The maximum absolute atomic E-state index is 11.8. The molecular formula is C13H15N7O. The van der Waals surface area contributed by atoms with Crippen molar-refractivity contribution < 1.29 is 4.79 Å².